The standard InChI is InChI=1S/C12H10Cl7O/c13-10(14,11(15,16)12(17,18)19)9-6-2-1-4-8(9)5-3-7-20/h1-2,4,6H,3,5,7H2. The van der Waals surface area contributed by atoms with Crippen molar-refractivity contribution in [3.05, 3.63) is 35.4 Å². The maximum absolute atomic E-state index is 10.6. The van der Waals surface area contributed by atoms with Gasteiger partial charge in [-0.15, -0.1) is 0 Å². The average molecular weight is 418 g/mol. The van der Waals surface area contributed by atoms with E-state index in [2.05, 4.69) is 0 Å². The van der Waals surface area contributed by atoms with Crippen molar-refractivity contribution < 1.29 is 5.11 Å². The molecule has 0 heterocycles. The highest BCUT2D eigenvalue weighted by Crippen LogP contribution is 2.61. The van der Waals surface area contributed by atoms with E-state index < -0.39 is 12.5 Å². The number of alkyl halides is 7. The van der Waals surface area contributed by atoms with E-state index in [1.807, 2.05) is 0 Å². The number of benzene rings is 1. The van der Waals surface area contributed by atoms with Crippen LogP contribution in [-0.2, 0) is 15.9 Å². The number of aryl methyl sites for hydroxylation is 1. The summed E-state index contributed by atoms with van der Waals surface area (Å²) in [6, 6.07) is 6.90. The van der Waals surface area contributed by atoms with Gasteiger partial charge in [-0.1, -0.05) is 105 Å². The molecule has 0 aliphatic rings. The molecule has 0 saturated carbocycles. The van der Waals surface area contributed by atoms with Gasteiger partial charge in [0.15, 0.2) is 4.33 Å². The lowest BCUT2D eigenvalue weighted by atomic mass is 9.98. The molecule has 1 nitrogen and oxygen atoms in total. The normalized spacial score (nSPS) is 13.6. The first-order valence-corrected chi connectivity index (χ1v) is 8.19. The summed E-state index contributed by atoms with van der Waals surface area (Å²) in [7, 11) is 0. The summed E-state index contributed by atoms with van der Waals surface area (Å²) in [6.45, 7) is -0.219. The molecule has 0 aliphatic carbocycles. The minimum atomic E-state index is -2.11. The molecule has 0 unspecified atom stereocenters. The molecule has 0 fully saturated rings. The second-order valence-corrected chi connectivity index (χ2v) is 9.05. The van der Waals surface area contributed by atoms with Crippen LogP contribution in [0.2, 0.25) is 0 Å². The summed E-state index contributed by atoms with van der Waals surface area (Å²) in [5.41, 5.74) is 1.14. The van der Waals surface area contributed by atoms with Crippen molar-refractivity contribution in [2.24, 2.45) is 0 Å². The highest BCUT2D eigenvalue weighted by molar-refractivity contribution is 6.78. The van der Waals surface area contributed by atoms with E-state index in [1.54, 1.807) is 24.3 Å². The molecule has 0 bridgehead atoms. The minimum absolute atomic E-state index is 0.219. The number of rotatable bonds is 5. The summed E-state index contributed by atoms with van der Waals surface area (Å²) in [5, 5.41) is 10.6. The fraction of sp³-hybridized carbons (Fsp3) is 0.500. The van der Waals surface area contributed by atoms with Crippen molar-refractivity contribution in [1.29, 1.82) is 0 Å². The molecule has 113 valence electrons. The fourth-order valence-corrected chi connectivity index (χ4v) is 3.23. The van der Waals surface area contributed by atoms with Crippen molar-refractivity contribution in [3.63, 3.8) is 0 Å². The van der Waals surface area contributed by atoms with Crippen LogP contribution in [0.5, 0.6) is 0 Å². The predicted octanol–water partition coefficient (Wildman–Crippen LogP) is 6.22. The summed E-state index contributed by atoms with van der Waals surface area (Å²) >= 11 is 42.1. The van der Waals surface area contributed by atoms with Gasteiger partial charge in [-0.3, -0.25) is 0 Å². The zero-order valence-electron chi connectivity index (χ0n) is 9.98. The molecular weight excluding hydrogens is 408 g/mol. The number of halogens is 7. The Morgan fingerprint density at radius 3 is 1.95 bits per heavy atom. The Hall–Kier alpha value is 1.21. The van der Waals surface area contributed by atoms with E-state index in [1.165, 1.54) is 0 Å². The van der Waals surface area contributed by atoms with Gasteiger partial charge in [0, 0.05) is 0 Å². The molecular formula is C12H10Cl7O. The lowest BCUT2D eigenvalue weighted by Gasteiger charge is -2.38. The van der Waals surface area contributed by atoms with Crippen LogP contribution >= 0.6 is 81.2 Å². The molecule has 0 aliphatic heterocycles. The zero-order chi connectivity index (χ0) is 15.6. The Balaban J connectivity index is 3.28. The van der Waals surface area contributed by atoms with Gasteiger partial charge in [-0.2, -0.15) is 0 Å². The Labute approximate surface area is 153 Å². The summed E-state index contributed by atoms with van der Waals surface area (Å²) in [6.07, 6.45) is 0.900. The smallest absolute Gasteiger partial charge is 0.226 e. The second-order valence-electron chi connectivity index (χ2n) is 4.11. The second kappa shape index (κ2) is 7.19. The summed E-state index contributed by atoms with van der Waals surface area (Å²) < 4.78 is -6.05. The topological polar surface area (TPSA) is 19.9 Å². The molecule has 1 rings (SSSR count). The first-order chi connectivity index (χ1) is 9.05. The molecule has 0 atom stereocenters. The van der Waals surface area contributed by atoms with Crippen LogP contribution in [0.1, 0.15) is 17.5 Å². The van der Waals surface area contributed by atoms with Gasteiger partial charge in [0.05, 0.1) is 6.61 Å². The highest BCUT2D eigenvalue weighted by atomic mass is 35.6. The maximum atomic E-state index is 10.6. The molecule has 0 N–H and O–H groups in total. The molecule has 8 heteroatoms. The van der Waals surface area contributed by atoms with Gasteiger partial charge in [0.25, 0.3) is 0 Å². The predicted molar refractivity (Wildman–Crippen MR) is 88.4 cm³/mol. The van der Waals surface area contributed by atoms with Gasteiger partial charge in [-0.05, 0) is 24.0 Å². The van der Waals surface area contributed by atoms with Gasteiger partial charge < -0.3 is 0 Å². The van der Waals surface area contributed by atoms with Crippen LogP contribution in [-0.4, -0.2) is 14.7 Å². The van der Waals surface area contributed by atoms with E-state index in [4.69, 9.17) is 81.2 Å². The van der Waals surface area contributed by atoms with Crippen LogP contribution in [0.4, 0.5) is 0 Å². The van der Waals surface area contributed by atoms with Gasteiger partial charge in [0.1, 0.15) is 0 Å². The van der Waals surface area contributed by atoms with E-state index >= 15 is 0 Å². The Morgan fingerprint density at radius 1 is 0.900 bits per heavy atom. The molecule has 1 aromatic rings. The first-order valence-electron chi connectivity index (χ1n) is 5.54. The number of hydrogen-bond acceptors (Lipinski definition) is 0. The Bertz CT molecular complexity index is 453. The molecule has 20 heavy (non-hydrogen) atoms. The van der Waals surface area contributed by atoms with Crippen LogP contribution in [0.15, 0.2) is 24.3 Å². The van der Waals surface area contributed by atoms with Gasteiger partial charge in [0.2, 0.25) is 8.13 Å². The van der Waals surface area contributed by atoms with Crippen LogP contribution in [0, 0.1) is 0 Å². The third-order valence-electron chi connectivity index (χ3n) is 2.70. The highest BCUT2D eigenvalue weighted by Gasteiger charge is 2.61. The number of hydrogen-bond donors (Lipinski definition) is 0. The molecule has 1 radical (unpaired) electrons. The minimum Gasteiger partial charge on any atom is -0.237 e. The van der Waals surface area contributed by atoms with Crippen LogP contribution in [0.25, 0.3) is 0 Å². The van der Waals surface area contributed by atoms with Crippen molar-refractivity contribution in [3.8, 4) is 0 Å². The third kappa shape index (κ3) is 3.94. The van der Waals surface area contributed by atoms with Crippen molar-refractivity contribution in [2.45, 2.75) is 25.3 Å². The van der Waals surface area contributed by atoms with E-state index in [9.17, 15) is 5.11 Å². The summed E-state index contributed by atoms with van der Waals surface area (Å²) in [4.78, 5) is 0. The molecule has 0 amide bonds. The molecule has 0 aromatic heterocycles. The zero-order valence-corrected chi connectivity index (χ0v) is 15.3. The van der Waals surface area contributed by atoms with Crippen molar-refractivity contribution >= 4 is 81.2 Å². The van der Waals surface area contributed by atoms with E-state index in [-0.39, 0.29) is 6.61 Å². The Kier molecular flexibility index (Phi) is 6.92. The SMILES string of the molecule is [O]CCCc1ccccc1C(Cl)(Cl)C(Cl)(Cl)C(Cl)(Cl)Cl. The fourth-order valence-electron chi connectivity index (χ4n) is 1.65. The van der Waals surface area contributed by atoms with Crippen LogP contribution in [0.3, 0.4) is 0 Å². The third-order valence-corrected chi connectivity index (χ3v) is 6.62. The maximum Gasteiger partial charge on any atom is 0.226 e. The van der Waals surface area contributed by atoms with Gasteiger partial charge in [-0.25, -0.2) is 5.11 Å². The largest absolute Gasteiger partial charge is 0.237 e. The lowest BCUT2D eigenvalue weighted by molar-refractivity contribution is 0.189. The lowest BCUT2D eigenvalue weighted by Crippen LogP contribution is -2.45. The van der Waals surface area contributed by atoms with Gasteiger partial charge >= 0.3 is 0 Å². The average Bonchev–Trinajstić information content (AvgIpc) is 2.35. The first kappa shape index (κ1) is 19.3. The van der Waals surface area contributed by atoms with Crippen LogP contribution < -0.4 is 0 Å². The Morgan fingerprint density at radius 2 is 1.45 bits per heavy atom. The van der Waals surface area contributed by atoms with Crippen molar-refractivity contribution in [1.82, 2.24) is 0 Å². The monoisotopic (exact) mass is 415 g/mol. The van der Waals surface area contributed by atoms with E-state index in [0.717, 1.165) is 5.56 Å². The molecule has 0 spiro atoms. The molecule has 1 aromatic carbocycles. The summed E-state index contributed by atoms with van der Waals surface area (Å²) in [5.74, 6) is 0. The van der Waals surface area contributed by atoms with Crippen molar-refractivity contribution in [2.75, 3.05) is 6.61 Å². The van der Waals surface area contributed by atoms with E-state index in [0.29, 0.717) is 18.4 Å². The molecule has 0 saturated heterocycles. The quantitative estimate of drug-likeness (QED) is 0.506.